The number of carbonyl (C=O) groups is 1. The van der Waals surface area contributed by atoms with E-state index < -0.39 is 19.0 Å². The summed E-state index contributed by atoms with van der Waals surface area (Å²) in [4.78, 5) is 15.5. The molecule has 23 heavy (non-hydrogen) atoms. The summed E-state index contributed by atoms with van der Waals surface area (Å²) in [5.74, 6) is -4.85. The zero-order valence-corrected chi connectivity index (χ0v) is 12.2. The van der Waals surface area contributed by atoms with Crippen LogP contribution in [-0.4, -0.2) is 49.0 Å². The molecule has 2 N–H and O–H groups in total. The maximum Gasteiger partial charge on any atom is 0.340 e. The van der Waals surface area contributed by atoms with Crippen molar-refractivity contribution in [2.75, 3.05) is 19.7 Å². The minimum Gasteiger partial charge on any atom is -0.471 e. The molecule has 2 rings (SSSR count). The summed E-state index contributed by atoms with van der Waals surface area (Å²) >= 11 is 0. The summed E-state index contributed by atoms with van der Waals surface area (Å²) in [7, 11) is 0. The summed E-state index contributed by atoms with van der Waals surface area (Å²) in [6.45, 7) is -0.0639. The van der Waals surface area contributed by atoms with Crippen molar-refractivity contribution in [3.8, 4) is 5.88 Å². The summed E-state index contributed by atoms with van der Waals surface area (Å²) < 4.78 is 53.9. The van der Waals surface area contributed by atoms with Crippen LogP contribution in [-0.2, 0) is 0 Å². The molecule has 0 bridgehead atoms. The van der Waals surface area contributed by atoms with Crippen LogP contribution in [0.1, 0.15) is 23.2 Å². The second-order valence-electron chi connectivity index (χ2n) is 5.24. The molecule has 1 aliphatic rings. The minimum atomic E-state index is -4.24. The van der Waals surface area contributed by atoms with E-state index in [0.29, 0.717) is 6.54 Å². The molecule has 0 aromatic carbocycles. The van der Waals surface area contributed by atoms with E-state index in [4.69, 9.17) is 0 Å². The predicted molar refractivity (Wildman–Crippen MR) is 74.0 cm³/mol. The fraction of sp³-hybridized carbons (Fsp3) is 0.571. The van der Waals surface area contributed by atoms with E-state index in [1.165, 1.54) is 12.1 Å². The molecule has 2 heterocycles. The van der Waals surface area contributed by atoms with Gasteiger partial charge in [-0.2, -0.15) is 8.78 Å². The van der Waals surface area contributed by atoms with Crippen molar-refractivity contribution in [2.45, 2.75) is 31.2 Å². The molecule has 0 spiro atoms. The Bertz CT molecular complexity index is 519. The average molecular weight is 335 g/mol. The summed E-state index contributed by atoms with van der Waals surface area (Å²) in [6, 6.07) is 2.76. The average Bonchev–Trinajstić information content (AvgIpc) is 3.04. The Morgan fingerprint density at radius 1 is 1.48 bits per heavy atom. The largest absolute Gasteiger partial charge is 0.471 e. The molecule has 5 nitrogen and oxygen atoms in total. The highest BCUT2D eigenvalue weighted by Gasteiger charge is 2.41. The lowest BCUT2D eigenvalue weighted by atomic mass is 10.2. The van der Waals surface area contributed by atoms with E-state index in [0.717, 1.165) is 25.6 Å². The van der Waals surface area contributed by atoms with Gasteiger partial charge in [-0.25, -0.2) is 13.8 Å². The van der Waals surface area contributed by atoms with Crippen LogP contribution in [0.25, 0.3) is 0 Å². The number of amides is 1. The van der Waals surface area contributed by atoms with Crippen LogP contribution in [0, 0.1) is 0 Å². The van der Waals surface area contributed by atoms with Gasteiger partial charge >= 0.3 is 12.3 Å². The summed E-state index contributed by atoms with van der Waals surface area (Å²) in [5.41, 5.74) is 0.232. The number of rotatable bonds is 7. The van der Waals surface area contributed by atoms with E-state index >= 15 is 0 Å². The number of nitrogens with zero attached hydrogens (tertiary/aromatic N) is 1. The maximum absolute atomic E-state index is 12.7. The molecule has 1 aliphatic heterocycles. The van der Waals surface area contributed by atoms with Gasteiger partial charge in [-0.3, -0.25) is 4.79 Å². The Morgan fingerprint density at radius 2 is 2.26 bits per heavy atom. The van der Waals surface area contributed by atoms with Gasteiger partial charge in [0, 0.05) is 24.8 Å². The molecule has 1 atom stereocenters. The van der Waals surface area contributed by atoms with Crippen molar-refractivity contribution >= 4 is 5.91 Å². The molecule has 0 saturated carbocycles. The molecule has 1 unspecified atom stereocenters. The third kappa shape index (κ3) is 5.05. The van der Waals surface area contributed by atoms with Crippen LogP contribution in [0.2, 0.25) is 0 Å². The first-order valence-corrected chi connectivity index (χ1v) is 7.15. The van der Waals surface area contributed by atoms with E-state index in [-0.39, 0.29) is 23.4 Å². The van der Waals surface area contributed by atoms with E-state index in [2.05, 4.69) is 20.4 Å². The fourth-order valence-electron chi connectivity index (χ4n) is 2.08. The quantitative estimate of drug-likeness (QED) is 0.747. The smallest absolute Gasteiger partial charge is 0.340 e. The molecular weight excluding hydrogens is 318 g/mol. The van der Waals surface area contributed by atoms with Crippen LogP contribution in [0.5, 0.6) is 5.88 Å². The third-order valence-corrected chi connectivity index (χ3v) is 3.40. The van der Waals surface area contributed by atoms with Crippen LogP contribution in [0.3, 0.4) is 0 Å². The highest BCUT2D eigenvalue weighted by atomic mass is 19.3. The summed E-state index contributed by atoms with van der Waals surface area (Å²) in [5, 5.41) is 5.96. The standard InChI is InChI=1S/C14H17F4N3O2/c15-13(16)14(17,18)8-23-11-4-3-9(6-20-11)12(22)21-7-10-2-1-5-19-10/h3-4,6,10,13,19H,1-2,5,7-8H2,(H,21,22). The molecule has 1 aromatic rings. The van der Waals surface area contributed by atoms with Crippen molar-refractivity contribution in [3.63, 3.8) is 0 Å². The lowest BCUT2D eigenvalue weighted by Crippen LogP contribution is -2.37. The monoisotopic (exact) mass is 335 g/mol. The number of aromatic nitrogens is 1. The van der Waals surface area contributed by atoms with Crippen molar-refractivity contribution in [1.29, 1.82) is 0 Å². The second-order valence-corrected chi connectivity index (χ2v) is 5.24. The van der Waals surface area contributed by atoms with Crippen LogP contribution in [0.15, 0.2) is 18.3 Å². The van der Waals surface area contributed by atoms with Crippen LogP contribution >= 0.6 is 0 Å². The van der Waals surface area contributed by atoms with E-state index in [1.54, 1.807) is 0 Å². The normalized spacial score (nSPS) is 18.2. The van der Waals surface area contributed by atoms with Gasteiger partial charge in [0.2, 0.25) is 5.88 Å². The fourth-order valence-corrected chi connectivity index (χ4v) is 2.08. The highest BCUT2D eigenvalue weighted by molar-refractivity contribution is 5.93. The third-order valence-electron chi connectivity index (χ3n) is 3.40. The Morgan fingerprint density at radius 3 is 2.83 bits per heavy atom. The number of pyridine rings is 1. The maximum atomic E-state index is 12.7. The zero-order valence-electron chi connectivity index (χ0n) is 12.2. The molecule has 128 valence electrons. The molecule has 1 saturated heterocycles. The Kier molecular flexibility index (Phi) is 5.75. The highest BCUT2D eigenvalue weighted by Crippen LogP contribution is 2.23. The van der Waals surface area contributed by atoms with Gasteiger partial charge in [0.25, 0.3) is 5.91 Å². The second kappa shape index (κ2) is 7.58. The van der Waals surface area contributed by atoms with Gasteiger partial charge in [0.15, 0.2) is 6.61 Å². The lowest BCUT2D eigenvalue weighted by molar-refractivity contribution is -0.148. The van der Waals surface area contributed by atoms with Gasteiger partial charge in [-0.05, 0) is 25.5 Å². The van der Waals surface area contributed by atoms with Crippen LogP contribution in [0.4, 0.5) is 17.6 Å². The number of hydrogen-bond acceptors (Lipinski definition) is 4. The van der Waals surface area contributed by atoms with E-state index in [1.807, 2.05) is 0 Å². The molecular formula is C14H17F4N3O2. The molecule has 1 aromatic heterocycles. The minimum absolute atomic E-state index is 0.232. The summed E-state index contributed by atoms with van der Waals surface area (Å²) in [6.07, 6.45) is -0.606. The van der Waals surface area contributed by atoms with E-state index in [9.17, 15) is 22.4 Å². The Hall–Kier alpha value is -1.90. The predicted octanol–water partition coefficient (Wildman–Crippen LogP) is 1.84. The first kappa shape index (κ1) is 17.5. The lowest BCUT2D eigenvalue weighted by Gasteiger charge is -2.15. The number of alkyl halides is 4. The van der Waals surface area contributed by atoms with Gasteiger partial charge in [0.1, 0.15) is 0 Å². The first-order valence-electron chi connectivity index (χ1n) is 7.15. The Balaban J connectivity index is 1.82. The molecule has 1 fully saturated rings. The zero-order chi connectivity index (χ0) is 16.9. The number of ether oxygens (including phenoxy) is 1. The van der Waals surface area contributed by atoms with Crippen molar-refractivity contribution in [3.05, 3.63) is 23.9 Å². The molecule has 1 amide bonds. The van der Waals surface area contributed by atoms with Crippen molar-refractivity contribution in [2.24, 2.45) is 0 Å². The number of hydrogen-bond donors (Lipinski definition) is 2. The SMILES string of the molecule is O=C(NCC1CCCN1)c1ccc(OCC(F)(F)C(F)F)nc1. The molecule has 0 radical (unpaired) electrons. The first-order chi connectivity index (χ1) is 10.9. The molecule has 0 aliphatic carbocycles. The Labute approximate surface area is 130 Å². The van der Waals surface area contributed by atoms with Crippen molar-refractivity contribution < 1.29 is 27.1 Å². The number of nitrogens with one attached hydrogen (secondary N) is 2. The topological polar surface area (TPSA) is 63.2 Å². The van der Waals surface area contributed by atoms with Crippen LogP contribution < -0.4 is 15.4 Å². The van der Waals surface area contributed by atoms with Gasteiger partial charge in [-0.1, -0.05) is 0 Å². The molecule has 9 heteroatoms. The number of carbonyl (C=O) groups excluding carboxylic acids is 1. The van der Waals surface area contributed by atoms with Gasteiger partial charge in [0.05, 0.1) is 5.56 Å². The van der Waals surface area contributed by atoms with Gasteiger partial charge < -0.3 is 15.4 Å². The van der Waals surface area contributed by atoms with Crippen molar-refractivity contribution in [1.82, 2.24) is 15.6 Å². The number of halogens is 4. The van der Waals surface area contributed by atoms with Gasteiger partial charge in [-0.15, -0.1) is 0 Å².